The van der Waals surface area contributed by atoms with E-state index in [-0.39, 0.29) is 23.8 Å². The molecular formula is C16H21NO4. The molecule has 0 heterocycles. The Morgan fingerprint density at radius 2 is 1.86 bits per heavy atom. The zero-order valence-electron chi connectivity index (χ0n) is 12.3. The van der Waals surface area contributed by atoms with E-state index in [9.17, 15) is 9.59 Å². The number of carboxylic acids is 1. The fourth-order valence-electron chi connectivity index (χ4n) is 2.36. The van der Waals surface area contributed by atoms with Crippen molar-refractivity contribution in [1.82, 2.24) is 5.32 Å². The van der Waals surface area contributed by atoms with Crippen molar-refractivity contribution in [2.45, 2.75) is 38.8 Å². The Balaban J connectivity index is 1.90. The number of para-hydroxylation sites is 1. The van der Waals surface area contributed by atoms with Crippen LogP contribution in [0.5, 0.6) is 5.75 Å². The van der Waals surface area contributed by atoms with Crippen LogP contribution in [0.4, 0.5) is 0 Å². The Morgan fingerprint density at radius 1 is 1.24 bits per heavy atom. The molecule has 5 heteroatoms. The minimum absolute atomic E-state index is 0.0283. The maximum atomic E-state index is 12.3. The number of aliphatic carboxylic acids is 1. The molecule has 0 aromatic heterocycles. The number of benzene rings is 1. The Morgan fingerprint density at radius 3 is 2.38 bits per heavy atom. The molecule has 5 nitrogen and oxygen atoms in total. The number of rotatable bonds is 6. The van der Waals surface area contributed by atoms with Gasteiger partial charge in [0.25, 0.3) is 5.91 Å². The van der Waals surface area contributed by atoms with Crippen LogP contribution in [0.2, 0.25) is 0 Å². The zero-order chi connectivity index (χ0) is 15.4. The van der Waals surface area contributed by atoms with E-state index in [1.54, 1.807) is 0 Å². The monoisotopic (exact) mass is 291 g/mol. The first-order valence-corrected chi connectivity index (χ1v) is 7.22. The number of carboxylic acid groups (broad SMARTS) is 1. The number of nitrogens with one attached hydrogen (secondary N) is 1. The fourth-order valence-corrected chi connectivity index (χ4v) is 2.36. The van der Waals surface area contributed by atoms with Gasteiger partial charge in [-0.25, -0.2) is 0 Å². The van der Waals surface area contributed by atoms with E-state index in [4.69, 9.17) is 9.84 Å². The van der Waals surface area contributed by atoms with E-state index >= 15 is 0 Å². The van der Waals surface area contributed by atoms with Crippen LogP contribution in [-0.4, -0.2) is 29.1 Å². The Hall–Kier alpha value is -2.04. The molecule has 0 spiro atoms. The fraction of sp³-hybridized carbons (Fsp3) is 0.500. The van der Waals surface area contributed by atoms with Gasteiger partial charge in [-0.2, -0.15) is 0 Å². The lowest BCUT2D eigenvalue weighted by Gasteiger charge is -2.34. The maximum absolute atomic E-state index is 12.3. The van der Waals surface area contributed by atoms with Crippen molar-refractivity contribution in [2.24, 2.45) is 11.8 Å². The summed E-state index contributed by atoms with van der Waals surface area (Å²) in [6.45, 7) is 3.85. The summed E-state index contributed by atoms with van der Waals surface area (Å²) in [4.78, 5) is 23.0. The van der Waals surface area contributed by atoms with E-state index < -0.39 is 12.1 Å². The van der Waals surface area contributed by atoms with E-state index in [1.165, 1.54) is 0 Å². The van der Waals surface area contributed by atoms with Gasteiger partial charge in [0.15, 0.2) is 6.10 Å². The second kappa shape index (κ2) is 6.61. The summed E-state index contributed by atoms with van der Waals surface area (Å²) in [7, 11) is 0. The molecule has 0 aliphatic heterocycles. The highest BCUT2D eigenvalue weighted by molar-refractivity contribution is 5.82. The topological polar surface area (TPSA) is 75.6 Å². The molecule has 1 fully saturated rings. The molecule has 2 N–H and O–H groups in total. The quantitative estimate of drug-likeness (QED) is 0.841. The predicted molar refractivity (Wildman–Crippen MR) is 78.0 cm³/mol. The van der Waals surface area contributed by atoms with Crippen LogP contribution in [0.25, 0.3) is 0 Å². The molecule has 1 aromatic carbocycles. The molecule has 1 atom stereocenters. The third-order valence-electron chi connectivity index (χ3n) is 3.70. The normalized spacial score (nSPS) is 22.2. The van der Waals surface area contributed by atoms with Crippen molar-refractivity contribution in [3.8, 4) is 5.75 Å². The molecule has 2 rings (SSSR count). The first kappa shape index (κ1) is 15.4. The largest absolute Gasteiger partial charge is 0.481 e. The lowest BCUT2D eigenvalue weighted by Crippen LogP contribution is -2.51. The van der Waals surface area contributed by atoms with E-state index in [0.29, 0.717) is 18.6 Å². The predicted octanol–water partition coefficient (Wildman–Crippen LogP) is 2.07. The van der Waals surface area contributed by atoms with Gasteiger partial charge in [-0.15, -0.1) is 0 Å². The van der Waals surface area contributed by atoms with Crippen LogP contribution >= 0.6 is 0 Å². The average Bonchev–Trinajstić information content (AvgIpc) is 2.39. The van der Waals surface area contributed by atoms with Gasteiger partial charge in [0.1, 0.15) is 5.75 Å². The van der Waals surface area contributed by atoms with Gasteiger partial charge in [0, 0.05) is 6.04 Å². The van der Waals surface area contributed by atoms with Gasteiger partial charge in [-0.3, -0.25) is 9.59 Å². The number of carbonyl (C=O) groups excluding carboxylic acids is 1. The number of hydrogen-bond acceptors (Lipinski definition) is 3. The molecule has 1 aliphatic rings. The smallest absolute Gasteiger partial charge is 0.306 e. The highest BCUT2D eigenvalue weighted by Gasteiger charge is 2.37. The van der Waals surface area contributed by atoms with Crippen molar-refractivity contribution in [3.63, 3.8) is 0 Å². The second-order valence-electron chi connectivity index (χ2n) is 5.81. The van der Waals surface area contributed by atoms with Crippen molar-refractivity contribution >= 4 is 11.9 Å². The van der Waals surface area contributed by atoms with Crippen LogP contribution in [0.15, 0.2) is 30.3 Å². The summed E-state index contributed by atoms with van der Waals surface area (Å²) < 4.78 is 5.75. The van der Waals surface area contributed by atoms with Gasteiger partial charge >= 0.3 is 5.97 Å². The van der Waals surface area contributed by atoms with Crippen LogP contribution in [0.1, 0.15) is 26.7 Å². The van der Waals surface area contributed by atoms with Gasteiger partial charge in [0.2, 0.25) is 0 Å². The number of carbonyl (C=O) groups is 2. The molecule has 0 unspecified atom stereocenters. The first-order chi connectivity index (χ1) is 9.97. The third kappa shape index (κ3) is 3.97. The Kier molecular flexibility index (Phi) is 4.83. The SMILES string of the molecule is CC(C)[C@@H](Oc1ccccc1)C(=O)NC1CC(C(=O)O)C1. The highest BCUT2D eigenvalue weighted by Crippen LogP contribution is 2.28. The zero-order valence-corrected chi connectivity index (χ0v) is 12.3. The molecule has 114 valence electrons. The Labute approximate surface area is 124 Å². The van der Waals surface area contributed by atoms with Gasteiger partial charge in [-0.05, 0) is 30.9 Å². The summed E-state index contributed by atoms with van der Waals surface area (Å²) in [6, 6.07) is 9.16. The average molecular weight is 291 g/mol. The molecule has 1 saturated carbocycles. The van der Waals surface area contributed by atoms with Crippen molar-refractivity contribution in [1.29, 1.82) is 0 Å². The minimum Gasteiger partial charge on any atom is -0.481 e. The first-order valence-electron chi connectivity index (χ1n) is 7.22. The summed E-state index contributed by atoms with van der Waals surface area (Å²) in [5, 5.41) is 11.7. The standard InChI is InChI=1S/C16H21NO4/c1-10(2)14(21-13-6-4-3-5-7-13)15(18)17-12-8-11(9-12)16(19)20/h3-7,10-12,14H,8-9H2,1-2H3,(H,17,18)(H,19,20)/t11?,12?,14-/m1/s1. The van der Waals surface area contributed by atoms with E-state index in [2.05, 4.69) is 5.32 Å². The number of hydrogen-bond donors (Lipinski definition) is 2. The summed E-state index contributed by atoms with van der Waals surface area (Å²) in [5.74, 6) is -0.615. The lowest BCUT2D eigenvalue weighted by molar-refractivity contribution is -0.146. The van der Waals surface area contributed by atoms with Gasteiger partial charge < -0.3 is 15.2 Å². The second-order valence-corrected chi connectivity index (χ2v) is 5.81. The third-order valence-corrected chi connectivity index (χ3v) is 3.70. The summed E-state index contributed by atoms with van der Waals surface area (Å²) in [6.07, 6.45) is 0.422. The molecule has 0 bridgehead atoms. The molecule has 1 amide bonds. The van der Waals surface area contributed by atoms with Crippen molar-refractivity contribution < 1.29 is 19.4 Å². The van der Waals surface area contributed by atoms with Crippen LogP contribution < -0.4 is 10.1 Å². The minimum atomic E-state index is -0.790. The van der Waals surface area contributed by atoms with Crippen LogP contribution in [0.3, 0.4) is 0 Å². The van der Waals surface area contributed by atoms with Crippen LogP contribution in [0, 0.1) is 11.8 Å². The van der Waals surface area contributed by atoms with Gasteiger partial charge in [0.05, 0.1) is 5.92 Å². The van der Waals surface area contributed by atoms with Crippen molar-refractivity contribution in [3.05, 3.63) is 30.3 Å². The lowest BCUT2D eigenvalue weighted by atomic mass is 9.80. The Bertz CT molecular complexity index is 494. The molecular weight excluding hydrogens is 270 g/mol. The molecule has 0 radical (unpaired) electrons. The van der Waals surface area contributed by atoms with Gasteiger partial charge in [-0.1, -0.05) is 32.0 Å². The number of amides is 1. The summed E-state index contributed by atoms with van der Waals surface area (Å²) in [5.41, 5.74) is 0. The van der Waals surface area contributed by atoms with E-state index in [0.717, 1.165) is 0 Å². The molecule has 21 heavy (non-hydrogen) atoms. The van der Waals surface area contributed by atoms with Crippen molar-refractivity contribution in [2.75, 3.05) is 0 Å². The molecule has 0 saturated heterocycles. The summed E-state index contributed by atoms with van der Waals surface area (Å²) >= 11 is 0. The molecule has 1 aromatic rings. The number of ether oxygens (including phenoxy) is 1. The maximum Gasteiger partial charge on any atom is 0.306 e. The van der Waals surface area contributed by atoms with E-state index in [1.807, 2.05) is 44.2 Å². The highest BCUT2D eigenvalue weighted by atomic mass is 16.5. The van der Waals surface area contributed by atoms with Crippen LogP contribution in [-0.2, 0) is 9.59 Å². The molecule has 1 aliphatic carbocycles.